The molecular formula is C19H24N2O4. The van der Waals surface area contributed by atoms with E-state index in [-0.39, 0.29) is 11.8 Å². The van der Waals surface area contributed by atoms with Crippen LogP contribution < -0.4 is 10.6 Å². The Morgan fingerprint density at radius 1 is 1.08 bits per heavy atom. The lowest BCUT2D eigenvalue weighted by molar-refractivity contribution is -0.146. The van der Waals surface area contributed by atoms with Gasteiger partial charge in [-0.2, -0.15) is 0 Å². The van der Waals surface area contributed by atoms with Crippen molar-refractivity contribution < 1.29 is 19.5 Å². The zero-order chi connectivity index (χ0) is 18.4. The lowest BCUT2D eigenvalue weighted by Gasteiger charge is -2.24. The molecule has 0 saturated carbocycles. The number of amides is 2. The molecule has 2 rings (SSSR count). The molecule has 25 heavy (non-hydrogen) atoms. The highest BCUT2D eigenvalue weighted by Crippen LogP contribution is 2.27. The van der Waals surface area contributed by atoms with Gasteiger partial charge in [0.1, 0.15) is 0 Å². The largest absolute Gasteiger partial charge is 0.481 e. The topological polar surface area (TPSA) is 95.5 Å². The number of carboxylic acid groups (broad SMARTS) is 1. The van der Waals surface area contributed by atoms with Gasteiger partial charge in [-0.1, -0.05) is 26.0 Å². The van der Waals surface area contributed by atoms with Gasteiger partial charge in [0.05, 0.1) is 11.8 Å². The van der Waals surface area contributed by atoms with E-state index in [4.69, 9.17) is 0 Å². The van der Waals surface area contributed by atoms with Gasteiger partial charge in [0.15, 0.2) is 0 Å². The Labute approximate surface area is 147 Å². The van der Waals surface area contributed by atoms with Crippen molar-refractivity contribution in [2.75, 3.05) is 11.9 Å². The molecule has 0 spiro atoms. The summed E-state index contributed by atoms with van der Waals surface area (Å²) >= 11 is 0. The normalized spacial score (nSPS) is 19.5. The third kappa shape index (κ3) is 5.17. The van der Waals surface area contributed by atoms with E-state index < -0.39 is 17.8 Å². The number of hydrogen-bond donors (Lipinski definition) is 3. The van der Waals surface area contributed by atoms with E-state index in [2.05, 4.69) is 10.6 Å². The Morgan fingerprint density at radius 2 is 1.68 bits per heavy atom. The van der Waals surface area contributed by atoms with Crippen molar-refractivity contribution in [1.29, 1.82) is 0 Å². The number of carbonyl (C=O) groups is 3. The van der Waals surface area contributed by atoms with Gasteiger partial charge in [-0.25, -0.2) is 0 Å². The summed E-state index contributed by atoms with van der Waals surface area (Å²) in [5.41, 5.74) is 1.06. The van der Waals surface area contributed by atoms with Crippen LogP contribution in [0.25, 0.3) is 0 Å². The Morgan fingerprint density at radius 3 is 2.24 bits per heavy atom. The zero-order valence-electron chi connectivity index (χ0n) is 14.5. The van der Waals surface area contributed by atoms with Crippen LogP contribution in [-0.4, -0.2) is 29.4 Å². The molecule has 0 saturated heterocycles. The predicted octanol–water partition coefficient (Wildman–Crippen LogP) is 2.68. The summed E-state index contributed by atoms with van der Waals surface area (Å²) in [5, 5.41) is 14.8. The number of nitrogens with one attached hydrogen (secondary N) is 2. The van der Waals surface area contributed by atoms with Gasteiger partial charge in [-0.05, 0) is 43.0 Å². The average molecular weight is 344 g/mol. The zero-order valence-corrected chi connectivity index (χ0v) is 14.5. The van der Waals surface area contributed by atoms with Crippen LogP contribution in [0.1, 0.15) is 37.0 Å². The minimum Gasteiger partial charge on any atom is -0.481 e. The van der Waals surface area contributed by atoms with E-state index in [1.54, 1.807) is 30.3 Å². The summed E-state index contributed by atoms with van der Waals surface area (Å²) in [5.74, 6) is -2.35. The van der Waals surface area contributed by atoms with Crippen molar-refractivity contribution in [1.82, 2.24) is 5.32 Å². The highest BCUT2D eigenvalue weighted by Gasteiger charge is 2.33. The third-order valence-electron chi connectivity index (χ3n) is 4.17. The quantitative estimate of drug-likeness (QED) is 0.691. The molecule has 0 fully saturated rings. The lowest BCUT2D eigenvalue weighted by Crippen LogP contribution is -2.34. The second-order valence-electron chi connectivity index (χ2n) is 6.66. The number of hydrogen-bond acceptors (Lipinski definition) is 3. The third-order valence-corrected chi connectivity index (χ3v) is 4.17. The fraction of sp³-hybridized carbons (Fsp3) is 0.421. The molecule has 1 aliphatic rings. The van der Waals surface area contributed by atoms with Crippen LogP contribution in [0.4, 0.5) is 5.69 Å². The van der Waals surface area contributed by atoms with Gasteiger partial charge >= 0.3 is 5.97 Å². The van der Waals surface area contributed by atoms with Crippen LogP contribution in [0.2, 0.25) is 0 Å². The first-order valence-electron chi connectivity index (χ1n) is 8.45. The molecule has 2 atom stereocenters. The van der Waals surface area contributed by atoms with Gasteiger partial charge in [0, 0.05) is 17.8 Å². The standard InChI is InChI=1S/C19H24N2O4/c1-12(2)11-20-17(22)13-7-9-14(10-8-13)21-18(23)15-5-3-4-6-16(15)19(24)25/h3-4,7-10,12,15-16H,5-6,11H2,1-2H3,(H,20,22)(H,21,23)(H,24,25)/t15-,16-/m0/s1. The van der Waals surface area contributed by atoms with Crippen LogP contribution in [-0.2, 0) is 9.59 Å². The maximum Gasteiger partial charge on any atom is 0.307 e. The molecule has 0 aromatic heterocycles. The van der Waals surface area contributed by atoms with Crippen molar-refractivity contribution in [3.63, 3.8) is 0 Å². The van der Waals surface area contributed by atoms with Crippen LogP contribution >= 0.6 is 0 Å². The predicted molar refractivity (Wildman–Crippen MR) is 95.2 cm³/mol. The summed E-state index contributed by atoms with van der Waals surface area (Å²) in [6.07, 6.45) is 4.42. The van der Waals surface area contributed by atoms with E-state index in [0.717, 1.165) is 0 Å². The van der Waals surface area contributed by atoms with Crippen LogP contribution in [0, 0.1) is 17.8 Å². The molecule has 1 aromatic rings. The first-order valence-corrected chi connectivity index (χ1v) is 8.45. The molecule has 1 aliphatic carbocycles. The van der Waals surface area contributed by atoms with E-state index in [9.17, 15) is 19.5 Å². The highest BCUT2D eigenvalue weighted by atomic mass is 16.4. The molecular weight excluding hydrogens is 320 g/mol. The molecule has 0 bridgehead atoms. The van der Waals surface area contributed by atoms with Crippen molar-refractivity contribution in [2.24, 2.45) is 17.8 Å². The molecule has 2 amide bonds. The van der Waals surface area contributed by atoms with Crippen molar-refractivity contribution >= 4 is 23.5 Å². The minimum absolute atomic E-state index is 0.157. The molecule has 134 valence electrons. The van der Waals surface area contributed by atoms with Crippen molar-refractivity contribution in [3.05, 3.63) is 42.0 Å². The van der Waals surface area contributed by atoms with Crippen molar-refractivity contribution in [2.45, 2.75) is 26.7 Å². The smallest absolute Gasteiger partial charge is 0.307 e. The molecule has 0 unspecified atom stereocenters. The second-order valence-corrected chi connectivity index (χ2v) is 6.66. The summed E-state index contributed by atoms with van der Waals surface area (Å²) in [7, 11) is 0. The van der Waals surface area contributed by atoms with Gasteiger partial charge in [-0.15, -0.1) is 0 Å². The number of rotatable bonds is 6. The van der Waals surface area contributed by atoms with Gasteiger partial charge in [-0.3, -0.25) is 14.4 Å². The van der Waals surface area contributed by atoms with E-state index >= 15 is 0 Å². The van der Waals surface area contributed by atoms with E-state index in [1.807, 2.05) is 19.9 Å². The number of carbonyl (C=O) groups excluding carboxylic acids is 2. The average Bonchev–Trinajstić information content (AvgIpc) is 2.60. The lowest BCUT2D eigenvalue weighted by atomic mass is 9.82. The molecule has 6 nitrogen and oxygen atoms in total. The molecule has 3 N–H and O–H groups in total. The van der Waals surface area contributed by atoms with Gasteiger partial charge in [0.25, 0.3) is 5.91 Å². The van der Waals surface area contributed by atoms with Crippen LogP contribution in [0.5, 0.6) is 0 Å². The second kappa shape index (κ2) is 8.46. The van der Waals surface area contributed by atoms with Crippen LogP contribution in [0.3, 0.4) is 0 Å². The molecule has 0 radical (unpaired) electrons. The Kier molecular flexibility index (Phi) is 6.33. The molecule has 0 heterocycles. The molecule has 1 aromatic carbocycles. The summed E-state index contributed by atoms with van der Waals surface area (Å²) in [6, 6.07) is 6.58. The SMILES string of the molecule is CC(C)CNC(=O)c1ccc(NC(=O)[C@H]2CC=CC[C@@H]2C(=O)O)cc1. The summed E-state index contributed by atoms with van der Waals surface area (Å²) in [4.78, 5) is 35.7. The molecule has 0 aliphatic heterocycles. The highest BCUT2D eigenvalue weighted by molar-refractivity contribution is 5.97. The Bertz CT molecular complexity index is 665. The maximum absolute atomic E-state index is 12.4. The Hall–Kier alpha value is -2.63. The Balaban J connectivity index is 1.98. The fourth-order valence-electron chi connectivity index (χ4n) is 2.72. The number of benzene rings is 1. The first-order chi connectivity index (χ1) is 11.9. The number of carboxylic acids is 1. The van der Waals surface area contributed by atoms with Crippen molar-refractivity contribution in [3.8, 4) is 0 Å². The van der Waals surface area contributed by atoms with E-state index in [0.29, 0.717) is 36.6 Å². The van der Waals surface area contributed by atoms with Crippen LogP contribution in [0.15, 0.2) is 36.4 Å². The summed E-state index contributed by atoms with van der Waals surface area (Å²) < 4.78 is 0. The number of anilines is 1. The van der Waals surface area contributed by atoms with E-state index in [1.165, 1.54) is 0 Å². The molecule has 6 heteroatoms. The van der Waals surface area contributed by atoms with Gasteiger partial charge in [0.2, 0.25) is 5.91 Å². The monoisotopic (exact) mass is 344 g/mol. The summed E-state index contributed by atoms with van der Waals surface area (Å²) in [6.45, 7) is 4.64. The number of aliphatic carboxylic acids is 1. The first kappa shape index (κ1) is 18.7. The maximum atomic E-state index is 12.4. The minimum atomic E-state index is -0.957. The van der Waals surface area contributed by atoms with Gasteiger partial charge < -0.3 is 15.7 Å². The fourth-order valence-corrected chi connectivity index (χ4v) is 2.72. The number of allylic oxidation sites excluding steroid dienone is 2.